The molecule has 0 saturated heterocycles. The minimum Gasteiger partial charge on any atom is -0.481 e. The Labute approximate surface area is 205 Å². The molecular weight excluding hydrogens is 456 g/mol. The van der Waals surface area contributed by atoms with Crippen LogP contribution in [0, 0.1) is 11.8 Å². The van der Waals surface area contributed by atoms with Gasteiger partial charge in [-0.2, -0.15) is 0 Å². The summed E-state index contributed by atoms with van der Waals surface area (Å²) in [4.78, 5) is 40.4. The normalized spacial score (nSPS) is 10.6. The van der Waals surface area contributed by atoms with Gasteiger partial charge >= 0.3 is 0 Å². The number of benzene rings is 1. The van der Waals surface area contributed by atoms with Gasteiger partial charge in [-0.3, -0.25) is 14.6 Å². The number of nitrogens with two attached hydrogens (primary N) is 1. The fourth-order valence-electron chi connectivity index (χ4n) is 3.90. The summed E-state index contributed by atoms with van der Waals surface area (Å²) >= 11 is 0. The number of pyridine rings is 4. The monoisotopic (exact) mass is 476 g/mol. The molecule has 9 heteroatoms. The van der Waals surface area contributed by atoms with Gasteiger partial charge in [-0.05, 0) is 29.8 Å². The maximum atomic E-state index is 13.0. The summed E-state index contributed by atoms with van der Waals surface area (Å²) < 4.78 is 5.16. The van der Waals surface area contributed by atoms with E-state index < -0.39 is 5.91 Å². The second-order valence-electron chi connectivity index (χ2n) is 7.85. The summed E-state index contributed by atoms with van der Waals surface area (Å²) in [7, 11) is 1.56. The molecule has 4 aromatic heterocycles. The molecule has 36 heavy (non-hydrogen) atoms. The van der Waals surface area contributed by atoms with Crippen molar-refractivity contribution in [2.75, 3.05) is 12.4 Å². The Hall–Kier alpha value is -5.23. The van der Waals surface area contributed by atoms with Crippen LogP contribution in [0.15, 0.2) is 71.9 Å². The summed E-state index contributed by atoms with van der Waals surface area (Å²) in [6.45, 7) is 0.421. The number of nitrogens with zero attached hydrogens (tertiary/aromatic N) is 3. The highest BCUT2D eigenvalue weighted by Gasteiger charge is 2.15. The number of rotatable bonds is 5. The molecule has 5 rings (SSSR count). The van der Waals surface area contributed by atoms with Gasteiger partial charge in [-0.15, -0.1) is 0 Å². The number of primary amides is 1. The first-order chi connectivity index (χ1) is 17.5. The molecule has 4 heterocycles. The Bertz CT molecular complexity index is 1720. The smallest absolute Gasteiger partial charge is 0.293 e. The number of methoxy groups -OCH3 is 1. The number of carbonyl (C=O) groups excluding carboxylic acids is 1. The number of ether oxygens (including phenoxy) is 1. The maximum absolute atomic E-state index is 13.0. The Morgan fingerprint density at radius 1 is 1.11 bits per heavy atom. The Morgan fingerprint density at radius 3 is 2.69 bits per heavy atom. The number of hydrogen-bond donors (Lipinski definition) is 3. The van der Waals surface area contributed by atoms with Crippen molar-refractivity contribution in [2.45, 2.75) is 6.54 Å². The SMILES string of the molecule is COc1ccc(-c2ccc3c(NCc4ccccn4)nc4c(C#CC(N)=O)c[nH]c(=O)c4c3c2)cn1. The number of H-pyrrole nitrogens is 1. The summed E-state index contributed by atoms with van der Waals surface area (Å²) in [5, 5.41) is 5.09. The first kappa shape index (κ1) is 22.6. The molecule has 0 radical (unpaired) electrons. The van der Waals surface area contributed by atoms with Gasteiger partial charge in [0.1, 0.15) is 5.82 Å². The molecule has 0 aliphatic carbocycles. The van der Waals surface area contributed by atoms with Crippen molar-refractivity contribution >= 4 is 33.4 Å². The molecule has 0 spiro atoms. The predicted molar refractivity (Wildman–Crippen MR) is 137 cm³/mol. The molecule has 4 N–H and O–H groups in total. The highest BCUT2D eigenvalue weighted by molar-refractivity contribution is 6.12. The number of fused-ring (bicyclic) bond motifs is 3. The third kappa shape index (κ3) is 4.43. The van der Waals surface area contributed by atoms with Crippen molar-refractivity contribution in [3.63, 3.8) is 0 Å². The van der Waals surface area contributed by atoms with Crippen molar-refractivity contribution in [3.8, 4) is 28.8 Å². The van der Waals surface area contributed by atoms with E-state index >= 15 is 0 Å². The van der Waals surface area contributed by atoms with E-state index in [0.717, 1.165) is 22.2 Å². The number of anilines is 1. The van der Waals surface area contributed by atoms with Crippen LogP contribution in [0.5, 0.6) is 5.88 Å². The highest BCUT2D eigenvalue weighted by Crippen LogP contribution is 2.33. The summed E-state index contributed by atoms with van der Waals surface area (Å²) in [6.07, 6.45) is 4.85. The quantitative estimate of drug-likeness (QED) is 0.262. The van der Waals surface area contributed by atoms with Gasteiger partial charge in [0.05, 0.1) is 35.8 Å². The Balaban J connectivity index is 1.74. The van der Waals surface area contributed by atoms with Gasteiger partial charge < -0.3 is 20.8 Å². The van der Waals surface area contributed by atoms with E-state index in [1.807, 2.05) is 42.5 Å². The van der Waals surface area contributed by atoms with E-state index in [4.69, 9.17) is 15.5 Å². The molecular formula is C27H20N6O3. The molecule has 0 aliphatic rings. The van der Waals surface area contributed by atoms with Gasteiger partial charge in [0, 0.05) is 46.9 Å². The molecule has 1 amide bonds. The van der Waals surface area contributed by atoms with Crippen LogP contribution < -0.4 is 21.3 Å². The van der Waals surface area contributed by atoms with Crippen molar-refractivity contribution in [3.05, 3.63) is 88.7 Å². The van der Waals surface area contributed by atoms with Crippen LogP contribution in [0.1, 0.15) is 11.3 Å². The fraction of sp³-hybridized carbons (Fsp3) is 0.0741. The second kappa shape index (κ2) is 9.56. The summed E-state index contributed by atoms with van der Waals surface area (Å²) in [5.41, 5.74) is 8.16. The number of aromatic amines is 1. The zero-order chi connectivity index (χ0) is 25.1. The van der Waals surface area contributed by atoms with Crippen LogP contribution in [-0.2, 0) is 11.3 Å². The largest absolute Gasteiger partial charge is 0.481 e. The molecule has 0 saturated carbocycles. The zero-order valence-electron chi connectivity index (χ0n) is 19.2. The lowest BCUT2D eigenvalue weighted by molar-refractivity contribution is -0.112. The van der Waals surface area contributed by atoms with Crippen LogP contribution in [0.4, 0.5) is 5.82 Å². The van der Waals surface area contributed by atoms with Crippen molar-refractivity contribution in [2.24, 2.45) is 5.73 Å². The maximum Gasteiger partial charge on any atom is 0.293 e. The third-order valence-electron chi connectivity index (χ3n) is 5.60. The number of carbonyl (C=O) groups is 1. The summed E-state index contributed by atoms with van der Waals surface area (Å²) in [5.74, 6) is 5.32. The van der Waals surface area contributed by atoms with Crippen molar-refractivity contribution in [1.82, 2.24) is 19.9 Å². The Morgan fingerprint density at radius 2 is 1.97 bits per heavy atom. The fourth-order valence-corrected chi connectivity index (χ4v) is 3.90. The first-order valence-electron chi connectivity index (χ1n) is 11.0. The van der Waals surface area contributed by atoms with Crippen molar-refractivity contribution < 1.29 is 9.53 Å². The molecule has 9 nitrogen and oxygen atoms in total. The minimum absolute atomic E-state index is 0.326. The van der Waals surface area contributed by atoms with Crippen LogP contribution >= 0.6 is 0 Å². The van der Waals surface area contributed by atoms with Gasteiger partial charge in [-0.1, -0.05) is 24.1 Å². The number of amides is 1. The number of aromatic nitrogens is 4. The van der Waals surface area contributed by atoms with E-state index in [1.165, 1.54) is 6.20 Å². The second-order valence-corrected chi connectivity index (χ2v) is 7.85. The van der Waals surface area contributed by atoms with E-state index in [-0.39, 0.29) is 5.56 Å². The zero-order valence-corrected chi connectivity index (χ0v) is 19.2. The van der Waals surface area contributed by atoms with Gasteiger partial charge in [0.15, 0.2) is 0 Å². The molecule has 0 unspecified atom stereocenters. The predicted octanol–water partition coefficient (Wildman–Crippen LogP) is 2.99. The van der Waals surface area contributed by atoms with E-state index in [1.54, 1.807) is 25.6 Å². The molecule has 1 aromatic carbocycles. The Kier molecular flexibility index (Phi) is 5.99. The van der Waals surface area contributed by atoms with Crippen molar-refractivity contribution in [1.29, 1.82) is 0 Å². The number of hydrogen-bond acceptors (Lipinski definition) is 7. The number of nitrogens with one attached hydrogen (secondary N) is 2. The summed E-state index contributed by atoms with van der Waals surface area (Å²) in [6, 6.07) is 15.1. The molecule has 0 atom stereocenters. The average Bonchev–Trinajstić information content (AvgIpc) is 2.91. The molecule has 0 aliphatic heterocycles. The molecule has 176 valence electrons. The van der Waals surface area contributed by atoms with Gasteiger partial charge in [0.25, 0.3) is 11.5 Å². The van der Waals surface area contributed by atoms with Crippen LogP contribution in [0.25, 0.3) is 32.8 Å². The average molecular weight is 476 g/mol. The lowest BCUT2D eigenvalue weighted by Crippen LogP contribution is -2.11. The topological polar surface area (TPSA) is 136 Å². The van der Waals surface area contributed by atoms with Crippen LogP contribution in [0.3, 0.4) is 0 Å². The standard InChI is InChI=1S/C27H20N6O3/c1-36-23-10-7-17(13-30-23)16-5-8-20-21(12-16)24-25(18(6-9-22(28)34)14-32-27(24)35)33-26(20)31-15-19-4-2-3-11-29-19/h2-5,7-8,10-14H,15H2,1H3,(H2,28,34)(H,31,33)(H,32,35). The highest BCUT2D eigenvalue weighted by atomic mass is 16.5. The van der Waals surface area contributed by atoms with E-state index in [2.05, 4.69) is 32.1 Å². The van der Waals surface area contributed by atoms with Gasteiger partial charge in [-0.25, -0.2) is 9.97 Å². The molecule has 5 aromatic rings. The molecule has 0 fully saturated rings. The van der Waals surface area contributed by atoms with Gasteiger partial charge in [0.2, 0.25) is 5.88 Å². The van der Waals surface area contributed by atoms with E-state index in [0.29, 0.717) is 40.1 Å². The van der Waals surface area contributed by atoms with Crippen LogP contribution in [0.2, 0.25) is 0 Å². The minimum atomic E-state index is -0.780. The first-order valence-corrected chi connectivity index (χ1v) is 11.0. The lowest BCUT2D eigenvalue weighted by atomic mass is 9.99. The van der Waals surface area contributed by atoms with E-state index in [9.17, 15) is 9.59 Å². The third-order valence-corrected chi connectivity index (χ3v) is 5.60. The lowest BCUT2D eigenvalue weighted by Gasteiger charge is -2.13. The molecule has 0 bridgehead atoms. The van der Waals surface area contributed by atoms with Crippen LogP contribution in [-0.4, -0.2) is 33.0 Å².